The summed E-state index contributed by atoms with van der Waals surface area (Å²) < 4.78 is 0. The SMILES string of the molecule is OC(CNCc1cccc2cc[nH]c12)C1CC1. The van der Waals surface area contributed by atoms with Gasteiger partial charge < -0.3 is 15.4 Å². The van der Waals surface area contributed by atoms with E-state index in [9.17, 15) is 5.11 Å². The molecule has 3 rings (SSSR count). The minimum absolute atomic E-state index is 0.169. The molecular formula is C14H18N2O. The van der Waals surface area contributed by atoms with Crippen LogP contribution < -0.4 is 5.32 Å². The van der Waals surface area contributed by atoms with Gasteiger partial charge in [0.05, 0.1) is 6.10 Å². The lowest BCUT2D eigenvalue weighted by Crippen LogP contribution is -2.27. The molecule has 17 heavy (non-hydrogen) atoms. The molecule has 1 heterocycles. The maximum Gasteiger partial charge on any atom is 0.0692 e. The van der Waals surface area contributed by atoms with Crippen LogP contribution in [0.4, 0.5) is 0 Å². The fourth-order valence-electron chi connectivity index (χ4n) is 2.30. The summed E-state index contributed by atoms with van der Waals surface area (Å²) in [5.41, 5.74) is 2.46. The third kappa shape index (κ3) is 2.35. The number of hydrogen-bond acceptors (Lipinski definition) is 2. The highest BCUT2D eigenvalue weighted by atomic mass is 16.3. The number of aromatic nitrogens is 1. The van der Waals surface area contributed by atoms with Gasteiger partial charge >= 0.3 is 0 Å². The van der Waals surface area contributed by atoms with E-state index in [1.54, 1.807) is 0 Å². The first-order valence-corrected chi connectivity index (χ1v) is 6.28. The number of aromatic amines is 1. The van der Waals surface area contributed by atoms with Gasteiger partial charge in [0.15, 0.2) is 0 Å². The fraction of sp³-hybridized carbons (Fsp3) is 0.429. The summed E-state index contributed by atoms with van der Waals surface area (Å²) >= 11 is 0. The van der Waals surface area contributed by atoms with E-state index in [1.165, 1.54) is 29.3 Å². The number of aliphatic hydroxyl groups excluding tert-OH is 1. The molecule has 1 aliphatic rings. The van der Waals surface area contributed by atoms with E-state index in [0.717, 1.165) is 6.54 Å². The molecule has 0 bridgehead atoms. The summed E-state index contributed by atoms with van der Waals surface area (Å²) in [7, 11) is 0. The van der Waals surface area contributed by atoms with Crippen molar-refractivity contribution in [3.8, 4) is 0 Å². The predicted octanol–water partition coefficient (Wildman–Crippen LogP) is 2.03. The smallest absolute Gasteiger partial charge is 0.0692 e. The molecule has 1 fully saturated rings. The number of para-hydroxylation sites is 1. The average molecular weight is 230 g/mol. The second-order valence-corrected chi connectivity index (χ2v) is 4.89. The van der Waals surface area contributed by atoms with Gasteiger partial charge in [-0.3, -0.25) is 0 Å². The highest BCUT2D eigenvalue weighted by Gasteiger charge is 2.29. The van der Waals surface area contributed by atoms with Crippen LogP contribution in [-0.2, 0) is 6.54 Å². The van der Waals surface area contributed by atoms with Gasteiger partial charge in [-0.05, 0) is 35.8 Å². The second-order valence-electron chi connectivity index (χ2n) is 4.89. The van der Waals surface area contributed by atoms with Crippen LogP contribution in [0.5, 0.6) is 0 Å². The molecular weight excluding hydrogens is 212 g/mol. The highest BCUT2D eigenvalue weighted by Crippen LogP contribution is 2.32. The summed E-state index contributed by atoms with van der Waals surface area (Å²) in [4.78, 5) is 3.26. The van der Waals surface area contributed by atoms with Crippen molar-refractivity contribution < 1.29 is 5.11 Å². The number of hydrogen-bond donors (Lipinski definition) is 3. The molecule has 1 atom stereocenters. The second kappa shape index (κ2) is 4.51. The zero-order valence-corrected chi connectivity index (χ0v) is 9.82. The molecule has 0 saturated heterocycles. The van der Waals surface area contributed by atoms with Crippen LogP contribution in [0.2, 0.25) is 0 Å². The molecule has 1 aromatic carbocycles. The molecule has 1 aromatic heterocycles. The molecule has 0 amide bonds. The lowest BCUT2D eigenvalue weighted by Gasteiger charge is -2.11. The molecule has 1 aliphatic carbocycles. The molecule has 0 spiro atoms. The number of nitrogens with one attached hydrogen (secondary N) is 2. The van der Waals surface area contributed by atoms with E-state index in [-0.39, 0.29) is 6.10 Å². The zero-order valence-electron chi connectivity index (χ0n) is 9.82. The van der Waals surface area contributed by atoms with E-state index in [4.69, 9.17) is 0 Å². The van der Waals surface area contributed by atoms with Gasteiger partial charge in [0.1, 0.15) is 0 Å². The van der Waals surface area contributed by atoms with Crippen LogP contribution in [0.15, 0.2) is 30.5 Å². The van der Waals surface area contributed by atoms with E-state index in [1.807, 2.05) is 6.20 Å². The molecule has 2 aromatic rings. The Bertz CT molecular complexity index is 502. The quantitative estimate of drug-likeness (QED) is 0.736. The largest absolute Gasteiger partial charge is 0.392 e. The summed E-state index contributed by atoms with van der Waals surface area (Å²) in [5, 5.41) is 14.3. The van der Waals surface area contributed by atoms with Gasteiger partial charge in [0.25, 0.3) is 0 Å². The van der Waals surface area contributed by atoms with Gasteiger partial charge in [0.2, 0.25) is 0 Å². The summed E-state index contributed by atoms with van der Waals surface area (Å²) in [6.45, 7) is 1.50. The van der Waals surface area contributed by atoms with Crippen LogP contribution >= 0.6 is 0 Å². The minimum atomic E-state index is -0.169. The number of rotatable bonds is 5. The van der Waals surface area contributed by atoms with E-state index < -0.39 is 0 Å². The molecule has 0 radical (unpaired) electrons. The van der Waals surface area contributed by atoms with Gasteiger partial charge in [-0.25, -0.2) is 0 Å². The van der Waals surface area contributed by atoms with Crippen LogP contribution in [0, 0.1) is 5.92 Å². The third-order valence-electron chi connectivity index (χ3n) is 3.51. The van der Waals surface area contributed by atoms with E-state index >= 15 is 0 Å². The molecule has 3 heteroatoms. The normalized spacial score (nSPS) is 17.5. The van der Waals surface area contributed by atoms with Crippen LogP contribution in [0.25, 0.3) is 10.9 Å². The van der Waals surface area contributed by atoms with Crippen molar-refractivity contribution in [3.63, 3.8) is 0 Å². The van der Waals surface area contributed by atoms with Crippen molar-refractivity contribution in [3.05, 3.63) is 36.0 Å². The zero-order chi connectivity index (χ0) is 11.7. The first-order valence-electron chi connectivity index (χ1n) is 6.28. The summed E-state index contributed by atoms with van der Waals surface area (Å²) in [5.74, 6) is 0.545. The van der Waals surface area contributed by atoms with Crippen molar-refractivity contribution in [1.29, 1.82) is 0 Å². The minimum Gasteiger partial charge on any atom is -0.392 e. The first kappa shape index (κ1) is 10.8. The Labute approximate surface area is 101 Å². The maximum absolute atomic E-state index is 9.77. The Morgan fingerprint density at radius 1 is 1.35 bits per heavy atom. The molecule has 3 nitrogen and oxygen atoms in total. The molecule has 1 saturated carbocycles. The Morgan fingerprint density at radius 3 is 3.06 bits per heavy atom. The summed E-state index contributed by atoms with van der Waals surface area (Å²) in [6.07, 6.45) is 4.18. The lowest BCUT2D eigenvalue weighted by atomic mass is 10.1. The standard InChI is InChI=1S/C14H18N2O/c17-13(10-4-5-10)9-15-8-12-3-1-2-11-6-7-16-14(11)12/h1-3,6-7,10,13,15-17H,4-5,8-9H2. The van der Waals surface area contributed by atoms with Crippen LogP contribution in [0.3, 0.4) is 0 Å². The number of benzene rings is 1. The number of aliphatic hydroxyl groups is 1. The van der Waals surface area contributed by atoms with Crippen LogP contribution in [-0.4, -0.2) is 22.7 Å². The number of fused-ring (bicyclic) bond motifs is 1. The van der Waals surface area contributed by atoms with Crippen LogP contribution in [0.1, 0.15) is 18.4 Å². The Kier molecular flexibility index (Phi) is 2.87. The molecule has 1 unspecified atom stereocenters. The monoisotopic (exact) mass is 230 g/mol. The van der Waals surface area contributed by atoms with E-state index in [0.29, 0.717) is 12.5 Å². The van der Waals surface area contributed by atoms with Gasteiger partial charge in [-0.2, -0.15) is 0 Å². The number of H-pyrrole nitrogens is 1. The summed E-state index contributed by atoms with van der Waals surface area (Å²) in [6, 6.07) is 8.38. The Balaban J connectivity index is 1.62. The first-order chi connectivity index (χ1) is 8.34. The Hall–Kier alpha value is -1.32. The lowest BCUT2D eigenvalue weighted by molar-refractivity contribution is 0.148. The van der Waals surface area contributed by atoms with Crippen molar-refractivity contribution in [2.75, 3.05) is 6.54 Å². The van der Waals surface area contributed by atoms with Crippen molar-refractivity contribution in [2.24, 2.45) is 5.92 Å². The van der Waals surface area contributed by atoms with Crippen molar-refractivity contribution >= 4 is 10.9 Å². The average Bonchev–Trinajstić information content (AvgIpc) is 3.07. The molecule has 90 valence electrons. The maximum atomic E-state index is 9.77. The van der Waals surface area contributed by atoms with E-state index in [2.05, 4.69) is 34.6 Å². The topological polar surface area (TPSA) is 48.0 Å². The van der Waals surface area contributed by atoms with Crippen molar-refractivity contribution in [2.45, 2.75) is 25.5 Å². The predicted molar refractivity (Wildman–Crippen MR) is 68.7 cm³/mol. The molecule has 3 N–H and O–H groups in total. The highest BCUT2D eigenvalue weighted by molar-refractivity contribution is 5.82. The third-order valence-corrected chi connectivity index (χ3v) is 3.51. The fourth-order valence-corrected chi connectivity index (χ4v) is 2.30. The van der Waals surface area contributed by atoms with Gasteiger partial charge in [-0.15, -0.1) is 0 Å². The molecule has 0 aliphatic heterocycles. The van der Waals surface area contributed by atoms with Crippen molar-refractivity contribution in [1.82, 2.24) is 10.3 Å². The van der Waals surface area contributed by atoms with Gasteiger partial charge in [0, 0.05) is 24.8 Å². The van der Waals surface area contributed by atoms with Gasteiger partial charge in [-0.1, -0.05) is 18.2 Å². The Morgan fingerprint density at radius 2 is 2.24 bits per heavy atom.